The van der Waals surface area contributed by atoms with Crippen LogP contribution in [-0.4, -0.2) is 40.1 Å². The van der Waals surface area contributed by atoms with Crippen LogP contribution in [0.4, 0.5) is 10.5 Å². The number of hydrogen-bond donors (Lipinski definition) is 3. The monoisotopic (exact) mass is 446 g/mol. The highest BCUT2D eigenvalue weighted by molar-refractivity contribution is 8.23. The molecule has 0 aliphatic carbocycles. The lowest BCUT2D eigenvalue weighted by atomic mass is 10.2. The lowest BCUT2D eigenvalue weighted by molar-refractivity contribution is 0.0613. The fraction of sp³-hybridized carbons (Fsp3) is 0.250. The van der Waals surface area contributed by atoms with Crippen molar-refractivity contribution >= 4 is 34.3 Å². The Morgan fingerprint density at radius 1 is 1.26 bits per heavy atom. The zero-order valence-corrected chi connectivity index (χ0v) is 17.5. The molecule has 0 saturated carbocycles. The van der Waals surface area contributed by atoms with Crippen molar-refractivity contribution in [3.05, 3.63) is 48.0 Å². The van der Waals surface area contributed by atoms with Gasteiger partial charge in [-0.25, -0.2) is 4.79 Å². The molecule has 0 amide bonds. The summed E-state index contributed by atoms with van der Waals surface area (Å²) in [6, 6.07) is 11.8. The van der Waals surface area contributed by atoms with Crippen molar-refractivity contribution < 1.29 is 28.2 Å². The molecule has 164 valence electrons. The van der Waals surface area contributed by atoms with Crippen molar-refractivity contribution in [3.63, 3.8) is 0 Å². The SMILES string of the molecule is CCOC(=O)ON=C(N)c1cccc(Oc2ccc3c(c2)S(O)(O)N=C2CCCN23)c1. The van der Waals surface area contributed by atoms with Crippen molar-refractivity contribution in [1.82, 2.24) is 0 Å². The molecule has 0 radical (unpaired) electrons. The second-order valence-corrected chi connectivity index (χ2v) is 8.45. The summed E-state index contributed by atoms with van der Waals surface area (Å²) in [4.78, 5) is 18.1. The standard InChI is InChI=1S/C20H22N4O6S/c1-2-28-20(25)30-22-19(21)13-5-3-6-14(11-13)29-15-8-9-16-17(12-15)31(26,27)23-18-7-4-10-24(16)18/h3,5-6,8-9,11-12,26-27H,2,4,7,10H2,1H3,(H2,21,22). The maximum Gasteiger partial charge on any atom is 0.535 e. The zero-order chi connectivity index (χ0) is 22.0. The second kappa shape index (κ2) is 8.46. The number of nitrogens with zero attached hydrogens (tertiary/aromatic N) is 3. The van der Waals surface area contributed by atoms with Crippen molar-refractivity contribution in [2.75, 3.05) is 18.1 Å². The van der Waals surface area contributed by atoms with E-state index in [9.17, 15) is 13.9 Å². The lowest BCUT2D eigenvalue weighted by Gasteiger charge is -2.37. The highest BCUT2D eigenvalue weighted by Crippen LogP contribution is 2.58. The van der Waals surface area contributed by atoms with Crippen LogP contribution < -0.4 is 15.4 Å². The molecule has 2 heterocycles. The van der Waals surface area contributed by atoms with E-state index in [1.165, 1.54) is 0 Å². The summed E-state index contributed by atoms with van der Waals surface area (Å²) in [6.07, 6.45) is 0.694. The molecule has 2 aliphatic rings. The molecule has 4 N–H and O–H groups in total. The first kappa shape index (κ1) is 21.0. The van der Waals surface area contributed by atoms with Gasteiger partial charge in [0, 0.05) is 24.6 Å². The van der Waals surface area contributed by atoms with E-state index in [0.29, 0.717) is 27.8 Å². The Morgan fingerprint density at radius 2 is 2.06 bits per heavy atom. The molecule has 31 heavy (non-hydrogen) atoms. The molecule has 2 aliphatic heterocycles. The Labute approximate surface area is 180 Å². The van der Waals surface area contributed by atoms with Gasteiger partial charge in [-0.05, 0) is 37.6 Å². The first-order valence-electron chi connectivity index (χ1n) is 9.61. The zero-order valence-electron chi connectivity index (χ0n) is 16.7. The summed E-state index contributed by atoms with van der Waals surface area (Å²) in [5.74, 6) is 1.51. The van der Waals surface area contributed by atoms with Crippen LogP contribution in [0.25, 0.3) is 0 Å². The van der Waals surface area contributed by atoms with Gasteiger partial charge in [0.1, 0.15) is 22.2 Å². The summed E-state index contributed by atoms with van der Waals surface area (Å²) < 4.78 is 35.7. The Hall–Kier alpha value is -3.28. The summed E-state index contributed by atoms with van der Waals surface area (Å²) in [6.45, 7) is 2.59. The predicted molar refractivity (Wildman–Crippen MR) is 117 cm³/mol. The van der Waals surface area contributed by atoms with Gasteiger partial charge in [-0.15, -0.1) is 4.40 Å². The Balaban J connectivity index is 1.54. The largest absolute Gasteiger partial charge is 0.535 e. The minimum absolute atomic E-state index is 0.0333. The van der Waals surface area contributed by atoms with Gasteiger partial charge in [-0.3, -0.25) is 13.9 Å². The van der Waals surface area contributed by atoms with Gasteiger partial charge < -0.3 is 20.1 Å². The average molecular weight is 446 g/mol. The van der Waals surface area contributed by atoms with E-state index in [-0.39, 0.29) is 12.4 Å². The molecule has 10 nitrogen and oxygen atoms in total. The molecule has 4 rings (SSSR count). The van der Waals surface area contributed by atoms with Crippen LogP contribution in [0.5, 0.6) is 11.5 Å². The highest BCUT2D eigenvalue weighted by Gasteiger charge is 2.34. The van der Waals surface area contributed by atoms with E-state index < -0.39 is 16.9 Å². The number of amidine groups is 2. The van der Waals surface area contributed by atoms with Crippen LogP contribution in [0.15, 0.2) is 56.9 Å². The Morgan fingerprint density at radius 3 is 2.87 bits per heavy atom. The van der Waals surface area contributed by atoms with E-state index in [4.69, 9.17) is 10.5 Å². The van der Waals surface area contributed by atoms with Crippen molar-refractivity contribution in [1.29, 1.82) is 0 Å². The number of ether oxygens (including phenoxy) is 2. The van der Waals surface area contributed by atoms with E-state index in [1.807, 2.05) is 4.90 Å². The number of carbonyl (C=O) groups is 1. The number of oxime groups is 1. The summed E-state index contributed by atoms with van der Waals surface area (Å²) in [5, 5.41) is 3.55. The molecule has 0 atom stereocenters. The number of rotatable bonds is 5. The number of benzene rings is 2. The molecule has 0 bridgehead atoms. The van der Waals surface area contributed by atoms with Crippen molar-refractivity contribution in [2.24, 2.45) is 15.3 Å². The normalized spacial score (nSPS) is 17.8. The number of anilines is 1. The number of fused-ring (bicyclic) bond motifs is 3. The van der Waals surface area contributed by atoms with Crippen molar-refractivity contribution in [3.8, 4) is 11.5 Å². The molecule has 11 heteroatoms. The van der Waals surface area contributed by atoms with Gasteiger partial charge in [0.25, 0.3) is 0 Å². The molecule has 1 saturated heterocycles. The minimum Gasteiger partial charge on any atom is -0.457 e. The maximum absolute atomic E-state index is 11.2. The van der Waals surface area contributed by atoms with Gasteiger partial charge in [-0.1, -0.05) is 28.1 Å². The first-order valence-corrected chi connectivity index (χ1v) is 11.1. The third kappa shape index (κ3) is 4.43. The maximum atomic E-state index is 11.2. The van der Waals surface area contributed by atoms with Gasteiger partial charge in [0.15, 0.2) is 5.84 Å². The molecular formula is C20H22N4O6S. The fourth-order valence-corrected chi connectivity index (χ4v) is 4.66. The average Bonchev–Trinajstić information content (AvgIpc) is 3.20. The van der Waals surface area contributed by atoms with Gasteiger partial charge in [0.05, 0.1) is 12.3 Å². The van der Waals surface area contributed by atoms with Crippen LogP contribution in [-0.2, 0) is 9.57 Å². The molecule has 2 aromatic rings. The molecule has 1 fully saturated rings. The summed E-state index contributed by atoms with van der Waals surface area (Å²) in [7, 11) is -3.29. The first-order chi connectivity index (χ1) is 14.9. The minimum atomic E-state index is -3.29. The highest BCUT2D eigenvalue weighted by atomic mass is 32.3. The van der Waals surface area contributed by atoms with Crippen molar-refractivity contribution in [2.45, 2.75) is 24.7 Å². The molecule has 0 unspecified atom stereocenters. The Kier molecular flexibility index (Phi) is 5.72. The van der Waals surface area contributed by atoms with Crippen LogP contribution in [0.2, 0.25) is 0 Å². The predicted octanol–water partition coefficient (Wildman–Crippen LogP) is 4.31. The topological polar surface area (TPSA) is 139 Å². The van der Waals surface area contributed by atoms with Crippen LogP contribution >= 0.6 is 10.8 Å². The van der Waals surface area contributed by atoms with Crippen LogP contribution in [0.3, 0.4) is 0 Å². The summed E-state index contributed by atoms with van der Waals surface area (Å²) in [5.41, 5.74) is 7.06. The molecule has 0 aromatic heterocycles. The quantitative estimate of drug-likeness (QED) is 0.203. The molecule has 0 spiro atoms. The van der Waals surface area contributed by atoms with E-state index in [2.05, 4.69) is 19.1 Å². The van der Waals surface area contributed by atoms with E-state index >= 15 is 0 Å². The van der Waals surface area contributed by atoms with E-state index in [1.54, 1.807) is 49.4 Å². The molecular weight excluding hydrogens is 424 g/mol. The van der Waals surface area contributed by atoms with Crippen LogP contribution in [0.1, 0.15) is 25.3 Å². The number of hydrogen-bond acceptors (Lipinski definition) is 9. The van der Waals surface area contributed by atoms with Gasteiger partial charge in [-0.2, -0.15) is 0 Å². The smallest absolute Gasteiger partial charge is 0.457 e. The van der Waals surface area contributed by atoms with E-state index in [0.717, 1.165) is 25.1 Å². The van der Waals surface area contributed by atoms with Gasteiger partial charge >= 0.3 is 6.16 Å². The molecule has 2 aromatic carbocycles. The third-order valence-electron chi connectivity index (χ3n) is 4.69. The number of carbonyl (C=O) groups excluding carboxylic acids is 1. The fourth-order valence-electron chi connectivity index (χ4n) is 3.35. The second-order valence-electron chi connectivity index (χ2n) is 6.79. The van der Waals surface area contributed by atoms with Crippen LogP contribution in [0, 0.1) is 0 Å². The summed E-state index contributed by atoms with van der Waals surface area (Å²) >= 11 is 0. The third-order valence-corrected chi connectivity index (χ3v) is 6.07. The lowest BCUT2D eigenvalue weighted by Crippen LogP contribution is -2.29. The number of nitrogens with two attached hydrogens (primary N) is 1. The van der Waals surface area contributed by atoms with Gasteiger partial charge in [0.2, 0.25) is 0 Å². The Bertz CT molecular complexity index is 1070.